The Bertz CT molecular complexity index is 1100. The van der Waals surface area contributed by atoms with Crippen molar-refractivity contribution in [2.24, 2.45) is 0 Å². The average Bonchev–Trinajstić information content (AvgIpc) is 3.09. The van der Waals surface area contributed by atoms with Crippen molar-refractivity contribution in [1.29, 1.82) is 0 Å². The summed E-state index contributed by atoms with van der Waals surface area (Å²) in [7, 11) is 0. The Morgan fingerprint density at radius 3 is 2.62 bits per heavy atom. The van der Waals surface area contributed by atoms with E-state index in [2.05, 4.69) is 10.6 Å². The number of hydrogen-bond donors (Lipinski definition) is 2. The molecule has 2 N–H and O–H groups in total. The van der Waals surface area contributed by atoms with Crippen LogP contribution in [0.1, 0.15) is 43.9 Å². The van der Waals surface area contributed by atoms with Gasteiger partial charge in [0.1, 0.15) is 17.8 Å². The maximum atomic E-state index is 13.1. The Labute approximate surface area is 197 Å². The summed E-state index contributed by atoms with van der Waals surface area (Å²) < 4.78 is 10.9. The minimum absolute atomic E-state index is 0.263. The fourth-order valence-corrected chi connectivity index (χ4v) is 4.33. The van der Waals surface area contributed by atoms with Crippen molar-refractivity contribution in [1.82, 2.24) is 15.5 Å². The Balaban J connectivity index is 1.37. The third-order valence-electron chi connectivity index (χ3n) is 6.21. The largest absolute Gasteiger partial charge is 0.493 e. The number of hydrogen-bond acceptors (Lipinski definition) is 6. The van der Waals surface area contributed by atoms with Gasteiger partial charge in [-0.3, -0.25) is 19.3 Å². The van der Waals surface area contributed by atoms with Crippen molar-refractivity contribution in [2.45, 2.75) is 44.4 Å². The van der Waals surface area contributed by atoms with Gasteiger partial charge in [-0.15, -0.1) is 0 Å². The molecule has 9 heteroatoms. The molecule has 34 heavy (non-hydrogen) atoms. The van der Waals surface area contributed by atoms with E-state index in [1.807, 2.05) is 30.3 Å². The number of nitrogens with zero attached hydrogens (tertiary/aromatic N) is 1. The lowest BCUT2D eigenvalue weighted by Gasteiger charge is -2.27. The topological polar surface area (TPSA) is 114 Å². The predicted molar refractivity (Wildman–Crippen MR) is 122 cm³/mol. The molecular formula is C25H27N3O6. The summed E-state index contributed by atoms with van der Waals surface area (Å²) in [6, 6.07) is 15.4. The van der Waals surface area contributed by atoms with Gasteiger partial charge in [-0.1, -0.05) is 55.5 Å². The lowest BCUT2D eigenvalue weighted by atomic mass is 9.87. The summed E-state index contributed by atoms with van der Waals surface area (Å²) in [6.07, 6.45) is -0.198. The smallest absolute Gasteiger partial charge is 0.327 e. The van der Waals surface area contributed by atoms with Gasteiger partial charge in [0.2, 0.25) is 0 Å². The van der Waals surface area contributed by atoms with Crippen LogP contribution in [0.25, 0.3) is 0 Å². The maximum Gasteiger partial charge on any atom is 0.327 e. The molecule has 1 saturated heterocycles. The van der Waals surface area contributed by atoms with Crippen LogP contribution >= 0.6 is 0 Å². The predicted octanol–water partition coefficient (Wildman–Crippen LogP) is 2.42. The number of para-hydroxylation sites is 1. The molecule has 0 aliphatic carbocycles. The van der Waals surface area contributed by atoms with E-state index in [9.17, 15) is 19.2 Å². The van der Waals surface area contributed by atoms with Gasteiger partial charge in [-0.05, 0) is 25.0 Å². The molecule has 9 nitrogen and oxygen atoms in total. The minimum atomic E-state index is -1.24. The molecule has 4 amide bonds. The average molecular weight is 466 g/mol. The molecule has 3 atom stereocenters. The first-order valence-electron chi connectivity index (χ1n) is 11.3. The highest BCUT2D eigenvalue weighted by Gasteiger charge is 2.51. The van der Waals surface area contributed by atoms with E-state index in [1.165, 1.54) is 6.92 Å². The molecule has 0 spiro atoms. The zero-order chi connectivity index (χ0) is 24.3. The number of imide groups is 1. The maximum absolute atomic E-state index is 13.1. The number of carbonyl (C=O) groups excluding carboxylic acids is 4. The summed E-state index contributed by atoms with van der Waals surface area (Å²) in [4.78, 5) is 51.7. The van der Waals surface area contributed by atoms with E-state index in [4.69, 9.17) is 9.47 Å². The molecule has 3 unspecified atom stereocenters. The quantitative estimate of drug-likeness (QED) is 0.480. The number of carbonyl (C=O) groups is 4. The number of ether oxygens (including phenoxy) is 2. The number of nitrogens with one attached hydrogen (secondary N) is 2. The standard InChI is InChI=1S/C25H27N3O6/c1-3-25(17-9-5-4-6-10-17)23(31)28(24(32)27-25)15-21(29)34-16(2)22(30)26-19-13-14-33-20-12-8-7-11-18(19)20/h4-12,16,19H,3,13-15H2,1-2H3,(H,26,30)(H,27,32). The summed E-state index contributed by atoms with van der Waals surface area (Å²) >= 11 is 0. The highest BCUT2D eigenvalue weighted by Crippen LogP contribution is 2.33. The number of fused-ring (bicyclic) bond motifs is 1. The van der Waals surface area contributed by atoms with E-state index in [1.54, 1.807) is 31.2 Å². The highest BCUT2D eigenvalue weighted by atomic mass is 16.5. The molecule has 2 aromatic rings. The van der Waals surface area contributed by atoms with Gasteiger partial charge in [-0.25, -0.2) is 4.79 Å². The van der Waals surface area contributed by atoms with Gasteiger partial charge < -0.3 is 20.1 Å². The number of urea groups is 1. The van der Waals surface area contributed by atoms with Crippen LogP contribution in [-0.2, 0) is 24.7 Å². The van der Waals surface area contributed by atoms with Crippen LogP contribution in [-0.4, -0.2) is 48.0 Å². The molecule has 2 heterocycles. The monoisotopic (exact) mass is 465 g/mol. The molecule has 2 aromatic carbocycles. The van der Waals surface area contributed by atoms with Gasteiger partial charge in [0.05, 0.1) is 12.6 Å². The van der Waals surface area contributed by atoms with Crippen LogP contribution in [0.15, 0.2) is 54.6 Å². The van der Waals surface area contributed by atoms with Gasteiger partial charge in [0, 0.05) is 12.0 Å². The van der Waals surface area contributed by atoms with Gasteiger partial charge in [0.25, 0.3) is 11.8 Å². The Morgan fingerprint density at radius 2 is 1.88 bits per heavy atom. The van der Waals surface area contributed by atoms with Crippen molar-refractivity contribution in [3.05, 3.63) is 65.7 Å². The first-order valence-corrected chi connectivity index (χ1v) is 11.3. The minimum Gasteiger partial charge on any atom is -0.493 e. The van der Waals surface area contributed by atoms with Gasteiger partial charge in [-0.2, -0.15) is 0 Å². The molecule has 1 fully saturated rings. The van der Waals surface area contributed by atoms with Crippen molar-refractivity contribution in [3.8, 4) is 5.75 Å². The summed E-state index contributed by atoms with van der Waals surface area (Å²) in [5, 5.41) is 5.60. The summed E-state index contributed by atoms with van der Waals surface area (Å²) in [5.74, 6) is -1.14. The van der Waals surface area contributed by atoms with Crippen LogP contribution < -0.4 is 15.4 Å². The Morgan fingerprint density at radius 1 is 1.18 bits per heavy atom. The highest BCUT2D eigenvalue weighted by molar-refractivity contribution is 6.09. The van der Waals surface area contributed by atoms with Crippen molar-refractivity contribution < 1.29 is 28.7 Å². The third-order valence-corrected chi connectivity index (χ3v) is 6.21. The summed E-state index contributed by atoms with van der Waals surface area (Å²) in [5.41, 5.74) is 0.255. The molecule has 0 radical (unpaired) electrons. The van der Waals surface area contributed by atoms with Crippen LogP contribution in [0.2, 0.25) is 0 Å². The van der Waals surface area contributed by atoms with Crippen molar-refractivity contribution in [3.63, 3.8) is 0 Å². The SMILES string of the molecule is CCC1(c2ccccc2)NC(=O)N(CC(=O)OC(C)C(=O)NC2CCOc3ccccc32)C1=O. The number of rotatable bonds is 7. The summed E-state index contributed by atoms with van der Waals surface area (Å²) in [6.45, 7) is 3.11. The Kier molecular flexibility index (Phi) is 6.54. The van der Waals surface area contributed by atoms with Crippen LogP contribution in [0.5, 0.6) is 5.75 Å². The van der Waals surface area contributed by atoms with Crippen LogP contribution in [0.4, 0.5) is 4.79 Å². The Hall–Kier alpha value is -3.88. The van der Waals surface area contributed by atoms with Crippen molar-refractivity contribution in [2.75, 3.05) is 13.2 Å². The van der Waals surface area contributed by atoms with E-state index in [0.717, 1.165) is 10.5 Å². The molecule has 2 aliphatic heterocycles. The first kappa shape index (κ1) is 23.3. The normalized spacial score (nSPS) is 22.3. The third kappa shape index (κ3) is 4.33. The number of amides is 4. The van der Waals surface area contributed by atoms with Crippen LogP contribution in [0.3, 0.4) is 0 Å². The molecule has 0 bridgehead atoms. The van der Waals surface area contributed by atoms with Gasteiger partial charge in [0.15, 0.2) is 6.10 Å². The zero-order valence-corrected chi connectivity index (χ0v) is 19.1. The molecular weight excluding hydrogens is 438 g/mol. The van der Waals surface area contributed by atoms with E-state index < -0.39 is 42.0 Å². The fraction of sp³-hybridized carbons (Fsp3) is 0.360. The van der Waals surface area contributed by atoms with Crippen molar-refractivity contribution >= 4 is 23.8 Å². The molecule has 0 aromatic heterocycles. The molecule has 178 valence electrons. The van der Waals surface area contributed by atoms with E-state index >= 15 is 0 Å². The van der Waals surface area contributed by atoms with E-state index in [-0.39, 0.29) is 6.04 Å². The lowest BCUT2D eigenvalue weighted by Crippen LogP contribution is -2.44. The second kappa shape index (κ2) is 9.54. The zero-order valence-electron chi connectivity index (χ0n) is 19.1. The van der Waals surface area contributed by atoms with E-state index in [0.29, 0.717) is 30.8 Å². The number of esters is 1. The molecule has 4 rings (SSSR count). The van der Waals surface area contributed by atoms with Gasteiger partial charge >= 0.3 is 12.0 Å². The second-order valence-electron chi connectivity index (χ2n) is 8.31. The van der Waals surface area contributed by atoms with Crippen LogP contribution in [0, 0.1) is 0 Å². The molecule has 0 saturated carbocycles. The lowest BCUT2D eigenvalue weighted by molar-refractivity contribution is -0.157. The fourth-order valence-electron chi connectivity index (χ4n) is 4.33. The first-order chi connectivity index (χ1) is 16.4. The molecule has 2 aliphatic rings. The second-order valence-corrected chi connectivity index (χ2v) is 8.31. The number of benzene rings is 2.